The van der Waals surface area contributed by atoms with Gasteiger partial charge in [-0.05, 0) is 37.3 Å². The predicted molar refractivity (Wildman–Crippen MR) is 92.1 cm³/mol. The molecule has 1 fully saturated rings. The van der Waals surface area contributed by atoms with Gasteiger partial charge in [-0.1, -0.05) is 24.3 Å². The van der Waals surface area contributed by atoms with Gasteiger partial charge in [0.1, 0.15) is 0 Å². The minimum absolute atomic E-state index is 0.233. The molecule has 0 bridgehead atoms. The van der Waals surface area contributed by atoms with Gasteiger partial charge in [0.05, 0.1) is 0 Å². The lowest BCUT2D eigenvalue weighted by Crippen LogP contribution is -2.38. The third kappa shape index (κ3) is 4.47. The molecule has 2 N–H and O–H groups in total. The fourth-order valence-electron chi connectivity index (χ4n) is 2.83. The lowest BCUT2D eigenvalue weighted by molar-refractivity contribution is -0.131. The van der Waals surface area contributed by atoms with Gasteiger partial charge in [-0.15, -0.1) is 0 Å². The van der Waals surface area contributed by atoms with Crippen LogP contribution in [0, 0.1) is 0 Å². The number of benzene rings is 1. The van der Waals surface area contributed by atoms with Gasteiger partial charge in [-0.25, -0.2) is 0 Å². The highest BCUT2D eigenvalue weighted by Crippen LogP contribution is 2.23. The maximum atomic E-state index is 12.3. The number of nitrogens with one attached hydrogen (secondary N) is 2. The summed E-state index contributed by atoms with van der Waals surface area (Å²) in [6.07, 6.45) is 3.84. The van der Waals surface area contributed by atoms with Crippen molar-refractivity contribution in [3.05, 3.63) is 35.4 Å². The lowest BCUT2D eigenvalue weighted by Gasteiger charge is -2.15. The van der Waals surface area contributed by atoms with Crippen LogP contribution in [-0.2, 0) is 17.9 Å². The predicted octanol–water partition coefficient (Wildman–Crippen LogP) is 2.03. The van der Waals surface area contributed by atoms with Crippen molar-refractivity contribution in [2.24, 2.45) is 4.99 Å². The van der Waals surface area contributed by atoms with Gasteiger partial charge in [-0.3, -0.25) is 9.79 Å². The zero-order chi connectivity index (χ0) is 16.1. The molecule has 1 aliphatic carbocycles. The molecular weight excluding hydrogens is 288 g/mol. The number of rotatable bonds is 6. The molecule has 3 rings (SSSR count). The van der Waals surface area contributed by atoms with Crippen LogP contribution in [0.15, 0.2) is 29.3 Å². The van der Waals surface area contributed by atoms with Crippen molar-refractivity contribution in [1.29, 1.82) is 0 Å². The summed E-state index contributed by atoms with van der Waals surface area (Å²) in [5.74, 6) is 1.12. The first-order chi connectivity index (χ1) is 11.3. The fraction of sp³-hybridized carbons (Fsp3) is 0.556. The van der Waals surface area contributed by atoms with Gasteiger partial charge in [0, 0.05) is 38.6 Å². The van der Waals surface area contributed by atoms with E-state index in [1.165, 1.54) is 24.0 Å². The summed E-state index contributed by atoms with van der Waals surface area (Å²) in [4.78, 5) is 18.8. The van der Waals surface area contributed by atoms with Gasteiger partial charge in [-0.2, -0.15) is 0 Å². The van der Waals surface area contributed by atoms with Crippen molar-refractivity contribution < 1.29 is 4.79 Å². The van der Waals surface area contributed by atoms with Gasteiger partial charge < -0.3 is 15.5 Å². The van der Waals surface area contributed by atoms with Crippen LogP contribution in [0.5, 0.6) is 0 Å². The molecular formula is C18H26N4O. The summed E-state index contributed by atoms with van der Waals surface area (Å²) >= 11 is 0. The number of carbonyl (C=O) groups excluding carboxylic acids is 1. The van der Waals surface area contributed by atoms with Crippen LogP contribution < -0.4 is 10.6 Å². The van der Waals surface area contributed by atoms with E-state index >= 15 is 0 Å². The molecule has 0 atom stereocenters. The monoisotopic (exact) mass is 314 g/mol. The van der Waals surface area contributed by atoms with Crippen molar-refractivity contribution in [1.82, 2.24) is 15.5 Å². The van der Waals surface area contributed by atoms with Crippen molar-refractivity contribution in [3.63, 3.8) is 0 Å². The molecule has 2 aliphatic rings. The molecule has 5 heteroatoms. The molecule has 5 nitrogen and oxygen atoms in total. The molecule has 1 amide bonds. The van der Waals surface area contributed by atoms with E-state index < -0.39 is 0 Å². The van der Waals surface area contributed by atoms with Crippen LogP contribution in [0.4, 0.5) is 0 Å². The Balaban J connectivity index is 1.41. The number of guanidine groups is 1. The minimum Gasteiger partial charge on any atom is -0.357 e. The number of aliphatic imine (C=N–C) groups is 1. The van der Waals surface area contributed by atoms with Crippen LogP contribution in [0.3, 0.4) is 0 Å². The van der Waals surface area contributed by atoms with Gasteiger partial charge in [0.2, 0.25) is 5.91 Å². The molecule has 1 heterocycles. The normalized spacial score (nSPS) is 17.1. The van der Waals surface area contributed by atoms with Gasteiger partial charge >= 0.3 is 0 Å². The standard InChI is InChI=1S/C18H26N4O/c1-2-19-18(21-16-9-10-16)20-11-5-8-17(23)22-12-14-6-3-4-7-15(14)13-22/h3-4,6-7,16H,2,5,8-13H2,1H3,(H2,19,20,21). The summed E-state index contributed by atoms with van der Waals surface area (Å²) in [7, 11) is 0. The SMILES string of the molecule is CCNC(=NCCCC(=O)N1Cc2ccccc2C1)NC1CC1. The van der Waals surface area contributed by atoms with Crippen LogP contribution >= 0.6 is 0 Å². The van der Waals surface area contributed by atoms with Crippen molar-refractivity contribution >= 4 is 11.9 Å². The molecule has 0 unspecified atom stereocenters. The quantitative estimate of drug-likeness (QED) is 0.480. The first-order valence-electron chi connectivity index (χ1n) is 8.65. The Hall–Kier alpha value is -2.04. The maximum Gasteiger partial charge on any atom is 0.223 e. The molecule has 1 aromatic carbocycles. The number of hydrogen-bond acceptors (Lipinski definition) is 2. The van der Waals surface area contributed by atoms with Gasteiger partial charge in [0.25, 0.3) is 0 Å². The number of amides is 1. The number of fused-ring (bicyclic) bond motifs is 1. The Morgan fingerprint density at radius 3 is 2.57 bits per heavy atom. The highest BCUT2D eigenvalue weighted by atomic mass is 16.2. The number of carbonyl (C=O) groups is 1. The summed E-state index contributed by atoms with van der Waals surface area (Å²) in [5.41, 5.74) is 2.56. The second kappa shape index (κ2) is 7.49. The average Bonchev–Trinajstić information content (AvgIpc) is 3.26. The molecule has 23 heavy (non-hydrogen) atoms. The highest BCUT2D eigenvalue weighted by Gasteiger charge is 2.23. The van der Waals surface area contributed by atoms with Crippen molar-refractivity contribution in [3.8, 4) is 0 Å². The van der Waals surface area contributed by atoms with E-state index in [0.29, 0.717) is 19.0 Å². The third-order valence-corrected chi connectivity index (χ3v) is 4.27. The highest BCUT2D eigenvalue weighted by molar-refractivity contribution is 5.80. The maximum absolute atomic E-state index is 12.3. The Labute approximate surface area is 138 Å². The van der Waals surface area contributed by atoms with E-state index in [4.69, 9.17) is 0 Å². The van der Waals surface area contributed by atoms with E-state index in [-0.39, 0.29) is 5.91 Å². The molecule has 124 valence electrons. The van der Waals surface area contributed by atoms with Crippen LogP contribution in [0.2, 0.25) is 0 Å². The molecule has 0 saturated heterocycles. The minimum atomic E-state index is 0.233. The van der Waals surface area contributed by atoms with Crippen LogP contribution in [0.1, 0.15) is 43.7 Å². The van der Waals surface area contributed by atoms with Gasteiger partial charge in [0.15, 0.2) is 5.96 Å². The van der Waals surface area contributed by atoms with Crippen molar-refractivity contribution in [2.45, 2.75) is 51.7 Å². The Morgan fingerprint density at radius 2 is 1.96 bits per heavy atom. The van der Waals surface area contributed by atoms with E-state index in [2.05, 4.69) is 34.7 Å². The lowest BCUT2D eigenvalue weighted by atomic mass is 10.1. The van der Waals surface area contributed by atoms with E-state index in [1.807, 2.05) is 17.0 Å². The second-order valence-corrected chi connectivity index (χ2v) is 6.30. The Morgan fingerprint density at radius 1 is 1.26 bits per heavy atom. The Kier molecular flexibility index (Phi) is 5.16. The molecule has 0 aromatic heterocycles. The van der Waals surface area contributed by atoms with Crippen molar-refractivity contribution in [2.75, 3.05) is 13.1 Å². The first-order valence-corrected chi connectivity index (χ1v) is 8.65. The smallest absolute Gasteiger partial charge is 0.223 e. The zero-order valence-electron chi connectivity index (χ0n) is 13.8. The summed E-state index contributed by atoms with van der Waals surface area (Å²) in [5, 5.41) is 6.64. The summed E-state index contributed by atoms with van der Waals surface area (Å²) < 4.78 is 0. The van der Waals surface area contributed by atoms with E-state index in [1.54, 1.807) is 0 Å². The molecule has 1 aromatic rings. The summed E-state index contributed by atoms with van der Waals surface area (Å²) in [6.45, 7) is 5.13. The molecule has 1 saturated carbocycles. The molecule has 0 radical (unpaired) electrons. The molecule has 1 aliphatic heterocycles. The molecule has 0 spiro atoms. The zero-order valence-corrected chi connectivity index (χ0v) is 13.8. The summed E-state index contributed by atoms with van der Waals surface area (Å²) in [6, 6.07) is 8.89. The van der Waals surface area contributed by atoms with Crippen LogP contribution in [0.25, 0.3) is 0 Å². The third-order valence-electron chi connectivity index (χ3n) is 4.27. The average molecular weight is 314 g/mol. The first kappa shape index (κ1) is 15.8. The van der Waals surface area contributed by atoms with Crippen LogP contribution in [-0.4, -0.2) is 35.9 Å². The van der Waals surface area contributed by atoms with E-state index in [0.717, 1.165) is 32.0 Å². The second-order valence-electron chi connectivity index (χ2n) is 6.30. The Bertz CT molecular complexity index is 555. The largest absolute Gasteiger partial charge is 0.357 e. The topological polar surface area (TPSA) is 56.7 Å². The van der Waals surface area contributed by atoms with E-state index in [9.17, 15) is 4.79 Å². The number of nitrogens with zero attached hydrogens (tertiary/aromatic N) is 2. The number of hydrogen-bond donors (Lipinski definition) is 2. The fourth-order valence-corrected chi connectivity index (χ4v) is 2.83.